The molecule has 1 N–H and O–H groups in total. The highest BCUT2D eigenvalue weighted by Crippen LogP contribution is 2.41. The largest absolute Gasteiger partial charge is 0.416 e. The summed E-state index contributed by atoms with van der Waals surface area (Å²) < 4.78 is 90.9. The van der Waals surface area contributed by atoms with Gasteiger partial charge in [-0.05, 0) is 61.1 Å². The van der Waals surface area contributed by atoms with Crippen molar-refractivity contribution in [1.29, 1.82) is 0 Å². The molecule has 0 spiro atoms. The standard InChI is InChI=1S/C21H17BrF7NO/c22-16-9-13(20(24,25)26)4-6-15(16)11-2-1-3-12(8-11)19(31)30-18-7-5-14(10-17(18)23)21(27,28)29/h4-7,9-12H,1-3,8H2,(H,30,31). The van der Waals surface area contributed by atoms with Crippen molar-refractivity contribution in [2.75, 3.05) is 5.32 Å². The molecule has 0 radical (unpaired) electrons. The third-order valence-corrected chi connectivity index (χ3v) is 6.05. The molecule has 0 saturated heterocycles. The quantitative estimate of drug-likeness (QED) is 0.423. The van der Waals surface area contributed by atoms with E-state index in [0.717, 1.165) is 18.2 Å². The van der Waals surface area contributed by atoms with Crippen molar-refractivity contribution in [3.8, 4) is 0 Å². The van der Waals surface area contributed by atoms with Gasteiger partial charge in [-0.3, -0.25) is 4.79 Å². The fraction of sp³-hybridized carbons (Fsp3) is 0.381. The molecule has 0 aliphatic heterocycles. The van der Waals surface area contributed by atoms with Gasteiger partial charge in [-0.25, -0.2) is 4.39 Å². The van der Waals surface area contributed by atoms with Crippen LogP contribution in [0.25, 0.3) is 0 Å². The topological polar surface area (TPSA) is 29.1 Å². The van der Waals surface area contributed by atoms with Crippen molar-refractivity contribution >= 4 is 27.5 Å². The highest BCUT2D eigenvalue weighted by molar-refractivity contribution is 9.10. The summed E-state index contributed by atoms with van der Waals surface area (Å²) in [6, 6.07) is 5.23. The van der Waals surface area contributed by atoms with E-state index >= 15 is 0 Å². The minimum Gasteiger partial charge on any atom is -0.323 e. The molecular weight excluding hydrogens is 495 g/mol. The number of hydrogen-bond acceptors (Lipinski definition) is 1. The minimum absolute atomic E-state index is 0.182. The van der Waals surface area contributed by atoms with Crippen molar-refractivity contribution in [3.63, 3.8) is 0 Å². The Hall–Kier alpha value is -2.10. The van der Waals surface area contributed by atoms with Crippen molar-refractivity contribution in [2.45, 2.75) is 44.0 Å². The molecule has 0 heterocycles. The van der Waals surface area contributed by atoms with Crippen LogP contribution in [-0.2, 0) is 17.1 Å². The first-order chi connectivity index (χ1) is 14.4. The van der Waals surface area contributed by atoms with Crippen LogP contribution in [0.3, 0.4) is 0 Å². The average molecular weight is 512 g/mol. The smallest absolute Gasteiger partial charge is 0.323 e. The van der Waals surface area contributed by atoms with Crippen LogP contribution in [0.5, 0.6) is 0 Å². The summed E-state index contributed by atoms with van der Waals surface area (Å²) >= 11 is 3.18. The van der Waals surface area contributed by atoms with Crippen LogP contribution in [0.1, 0.15) is 48.3 Å². The number of alkyl halides is 6. The van der Waals surface area contributed by atoms with Gasteiger partial charge in [0.05, 0.1) is 16.8 Å². The van der Waals surface area contributed by atoms with E-state index in [9.17, 15) is 35.5 Å². The van der Waals surface area contributed by atoms with E-state index in [-0.39, 0.29) is 11.6 Å². The molecule has 2 nitrogen and oxygen atoms in total. The first-order valence-corrected chi connectivity index (χ1v) is 10.2. The predicted molar refractivity (Wildman–Crippen MR) is 104 cm³/mol. The lowest BCUT2D eigenvalue weighted by molar-refractivity contribution is -0.138. The van der Waals surface area contributed by atoms with Gasteiger partial charge < -0.3 is 5.32 Å². The van der Waals surface area contributed by atoms with Gasteiger partial charge in [-0.15, -0.1) is 0 Å². The number of halogens is 8. The van der Waals surface area contributed by atoms with E-state index in [1.165, 1.54) is 6.07 Å². The maximum Gasteiger partial charge on any atom is 0.416 e. The first-order valence-electron chi connectivity index (χ1n) is 9.40. The zero-order valence-corrected chi connectivity index (χ0v) is 17.5. The second-order valence-corrected chi connectivity index (χ2v) is 8.33. The fourth-order valence-electron chi connectivity index (χ4n) is 3.77. The number of anilines is 1. The molecule has 2 aromatic carbocycles. The average Bonchev–Trinajstić information content (AvgIpc) is 2.68. The minimum atomic E-state index is -4.70. The van der Waals surface area contributed by atoms with Gasteiger partial charge in [-0.2, -0.15) is 26.3 Å². The molecule has 1 aliphatic rings. The summed E-state index contributed by atoms with van der Waals surface area (Å²) in [7, 11) is 0. The zero-order valence-electron chi connectivity index (χ0n) is 15.9. The lowest BCUT2D eigenvalue weighted by Gasteiger charge is -2.29. The second-order valence-electron chi connectivity index (χ2n) is 7.48. The number of rotatable bonds is 3. The van der Waals surface area contributed by atoms with Gasteiger partial charge in [0.1, 0.15) is 5.82 Å². The van der Waals surface area contributed by atoms with Crippen LogP contribution in [0.2, 0.25) is 0 Å². The van der Waals surface area contributed by atoms with E-state index in [2.05, 4.69) is 21.2 Å². The summed E-state index contributed by atoms with van der Waals surface area (Å²) in [5.74, 6) is -2.46. The molecule has 2 atom stereocenters. The number of amides is 1. The highest BCUT2D eigenvalue weighted by Gasteiger charge is 2.34. The number of hydrogen-bond donors (Lipinski definition) is 1. The molecule has 1 fully saturated rings. The number of carbonyl (C=O) groups is 1. The Balaban J connectivity index is 1.72. The van der Waals surface area contributed by atoms with Crippen LogP contribution < -0.4 is 5.32 Å². The number of nitrogens with one attached hydrogen (secondary N) is 1. The van der Waals surface area contributed by atoms with Crippen molar-refractivity contribution in [1.82, 2.24) is 0 Å². The van der Waals surface area contributed by atoms with Crippen LogP contribution in [-0.4, -0.2) is 5.91 Å². The Bertz CT molecular complexity index is 971. The molecule has 2 aromatic rings. The monoisotopic (exact) mass is 511 g/mol. The Morgan fingerprint density at radius 1 is 0.935 bits per heavy atom. The highest BCUT2D eigenvalue weighted by atomic mass is 79.9. The Labute approximate surface area is 182 Å². The Kier molecular flexibility index (Phi) is 6.69. The van der Waals surface area contributed by atoms with Gasteiger partial charge in [-0.1, -0.05) is 28.4 Å². The van der Waals surface area contributed by atoms with Crippen LogP contribution >= 0.6 is 15.9 Å². The van der Waals surface area contributed by atoms with E-state index < -0.39 is 41.1 Å². The van der Waals surface area contributed by atoms with Crippen molar-refractivity contribution < 1.29 is 35.5 Å². The predicted octanol–water partition coefficient (Wildman–Crippen LogP) is 7.54. The Morgan fingerprint density at radius 3 is 2.13 bits per heavy atom. The second kappa shape index (κ2) is 8.80. The molecule has 1 saturated carbocycles. The van der Waals surface area contributed by atoms with Gasteiger partial charge >= 0.3 is 12.4 Å². The molecule has 10 heteroatoms. The maximum absolute atomic E-state index is 14.0. The van der Waals surface area contributed by atoms with Crippen molar-refractivity contribution in [3.05, 3.63) is 63.4 Å². The summed E-state index contributed by atoms with van der Waals surface area (Å²) in [4.78, 5) is 12.6. The van der Waals surface area contributed by atoms with E-state index in [1.807, 2.05) is 0 Å². The zero-order chi connectivity index (χ0) is 23.0. The molecule has 0 aromatic heterocycles. The molecule has 1 aliphatic carbocycles. The third-order valence-electron chi connectivity index (χ3n) is 5.37. The van der Waals surface area contributed by atoms with Gasteiger partial charge in [0.25, 0.3) is 0 Å². The van der Waals surface area contributed by atoms with Crippen LogP contribution in [0, 0.1) is 11.7 Å². The Morgan fingerprint density at radius 2 is 1.55 bits per heavy atom. The van der Waals surface area contributed by atoms with Gasteiger partial charge in [0, 0.05) is 10.4 Å². The molecule has 0 bridgehead atoms. The van der Waals surface area contributed by atoms with Gasteiger partial charge in [0.15, 0.2) is 0 Å². The van der Waals surface area contributed by atoms with Crippen LogP contribution in [0.4, 0.5) is 36.4 Å². The molecule has 31 heavy (non-hydrogen) atoms. The fourth-order valence-corrected chi connectivity index (χ4v) is 4.48. The molecule has 168 valence electrons. The molecular formula is C21H17BrF7NO. The lowest BCUT2D eigenvalue weighted by atomic mass is 9.77. The van der Waals surface area contributed by atoms with Gasteiger partial charge in [0.2, 0.25) is 5.91 Å². The normalized spacial score (nSPS) is 19.9. The van der Waals surface area contributed by atoms with E-state index in [0.29, 0.717) is 47.9 Å². The van der Waals surface area contributed by atoms with Crippen LogP contribution in [0.15, 0.2) is 40.9 Å². The van der Waals surface area contributed by atoms with Crippen molar-refractivity contribution in [2.24, 2.45) is 5.92 Å². The summed E-state index contributed by atoms with van der Waals surface area (Å²) in [5, 5.41) is 2.33. The SMILES string of the molecule is O=C(Nc1ccc(C(F)(F)F)cc1F)C1CCCC(c2ccc(C(F)(F)F)cc2Br)C1. The number of benzene rings is 2. The van der Waals surface area contributed by atoms with E-state index in [1.54, 1.807) is 0 Å². The number of carbonyl (C=O) groups excluding carboxylic acids is 1. The maximum atomic E-state index is 14.0. The molecule has 2 unspecified atom stereocenters. The third kappa shape index (κ3) is 5.58. The summed E-state index contributed by atoms with van der Waals surface area (Å²) in [6.45, 7) is 0. The first kappa shape index (κ1) is 23.6. The lowest BCUT2D eigenvalue weighted by Crippen LogP contribution is -2.28. The van der Waals surface area contributed by atoms with E-state index in [4.69, 9.17) is 0 Å². The molecule has 3 rings (SSSR count). The summed E-state index contributed by atoms with van der Waals surface area (Å²) in [5.41, 5.74) is -1.65. The summed E-state index contributed by atoms with van der Waals surface area (Å²) in [6.07, 6.45) is -7.05. The molecule has 1 amide bonds.